The molecule has 1 aliphatic rings. The van der Waals surface area contributed by atoms with Crippen LogP contribution < -0.4 is 15.4 Å². The number of benzene rings is 1. The van der Waals surface area contributed by atoms with Gasteiger partial charge in [0, 0.05) is 31.6 Å². The first-order chi connectivity index (χ1) is 13.2. The lowest BCUT2D eigenvalue weighted by Gasteiger charge is -2.26. The number of hydrogen-bond donors (Lipinski definition) is 2. The second-order valence-electron chi connectivity index (χ2n) is 6.04. The summed E-state index contributed by atoms with van der Waals surface area (Å²) in [6.45, 7) is 5.77. The van der Waals surface area contributed by atoms with E-state index in [2.05, 4.69) is 21.7 Å². The number of carbonyl (C=O) groups is 1. The van der Waals surface area contributed by atoms with Crippen LogP contribution in [0.2, 0.25) is 0 Å². The monoisotopic (exact) mass is 369 g/mol. The Labute approximate surface area is 158 Å². The van der Waals surface area contributed by atoms with Crippen molar-refractivity contribution in [3.63, 3.8) is 0 Å². The highest BCUT2D eigenvalue weighted by Gasteiger charge is 2.16. The summed E-state index contributed by atoms with van der Waals surface area (Å²) < 4.78 is 10.7. The fraction of sp³-hybridized carbons (Fsp3) is 0.421. The van der Waals surface area contributed by atoms with Gasteiger partial charge in [-0.3, -0.25) is 0 Å². The Balaban J connectivity index is 1.59. The van der Waals surface area contributed by atoms with E-state index in [-0.39, 0.29) is 6.03 Å². The molecule has 1 saturated heterocycles. The molecule has 2 aromatic rings. The van der Waals surface area contributed by atoms with Gasteiger partial charge in [-0.2, -0.15) is 5.26 Å². The van der Waals surface area contributed by atoms with Gasteiger partial charge in [0.25, 0.3) is 0 Å². The molecule has 1 aromatic carbocycles. The first-order valence-corrected chi connectivity index (χ1v) is 9.03. The van der Waals surface area contributed by atoms with Crippen LogP contribution in [0.25, 0.3) is 10.9 Å². The second-order valence-corrected chi connectivity index (χ2v) is 6.04. The van der Waals surface area contributed by atoms with E-state index in [4.69, 9.17) is 9.47 Å². The van der Waals surface area contributed by atoms with E-state index in [0.29, 0.717) is 57.4 Å². The summed E-state index contributed by atoms with van der Waals surface area (Å²) in [6, 6.07) is 9.46. The Bertz CT molecular complexity index is 843. The molecule has 0 spiro atoms. The van der Waals surface area contributed by atoms with Gasteiger partial charge in [0.15, 0.2) is 0 Å². The Kier molecular flexibility index (Phi) is 6.28. The predicted octanol–water partition coefficient (Wildman–Crippen LogP) is 1.96. The average molecular weight is 369 g/mol. The topological polar surface area (TPSA) is 99.5 Å². The normalized spacial score (nSPS) is 13.9. The Hall–Kier alpha value is -3.05. The molecule has 2 amide bonds. The highest BCUT2D eigenvalue weighted by Crippen LogP contribution is 2.24. The molecule has 0 saturated carbocycles. The van der Waals surface area contributed by atoms with E-state index in [1.807, 2.05) is 25.1 Å². The van der Waals surface area contributed by atoms with Crippen molar-refractivity contribution in [1.82, 2.24) is 15.2 Å². The van der Waals surface area contributed by atoms with Crippen LogP contribution in [0.1, 0.15) is 12.5 Å². The van der Waals surface area contributed by atoms with Crippen LogP contribution in [0.5, 0.6) is 5.75 Å². The molecule has 3 rings (SSSR count). The van der Waals surface area contributed by atoms with Crippen LogP contribution >= 0.6 is 0 Å². The number of carbonyl (C=O) groups excluding carboxylic acids is 1. The zero-order valence-electron chi connectivity index (χ0n) is 15.3. The Morgan fingerprint density at radius 3 is 2.89 bits per heavy atom. The maximum absolute atomic E-state index is 12.0. The van der Waals surface area contributed by atoms with Crippen molar-refractivity contribution in [2.75, 3.05) is 51.3 Å². The molecule has 8 heteroatoms. The van der Waals surface area contributed by atoms with Crippen LogP contribution in [0, 0.1) is 11.3 Å². The summed E-state index contributed by atoms with van der Waals surface area (Å²) in [5.74, 6) is 1.26. The summed E-state index contributed by atoms with van der Waals surface area (Å²) in [4.78, 5) is 18.3. The van der Waals surface area contributed by atoms with E-state index < -0.39 is 0 Å². The minimum atomic E-state index is -0.101. The smallest absolute Gasteiger partial charge is 0.317 e. The molecule has 142 valence electrons. The minimum absolute atomic E-state index is 0.101. The fourth-order valence-electron chi connectivity index (χ4n) is 2.86. The van der Waals surface area contributed by atoms with Gasteiger partial charge in [-0.25, -0.2) is 9.78 Å². The maximum Gasteiger partial charge on any atom is 0.317 e. The zero-order chi connectivity index (χ0) is 19.1. The van der Waals surface area contributed by atoms with Gasteiger partial charge in [0.05, 0.1) is 30.9 Å². The SMILES string of the molecule is CCOc1ccc2nc(NCCNC(=O)N3CCOCC3)c(C#N)cc2c1. The third kappa shape index (κ3) is 4.77. The number of nitriles is 1. The number of ether oxygens (including phenoxy) is 2. The summed E-state index contributed by atoms with van der Waals surface area (Å²) in [7, 11) is 0. The lowest BCUT2D eigenvalue weighted by molar-refractivity contribution is 0.0533. The third-order valence-electron chi connectivity index (χ3n) is 4.21. The molecule has 0 radical (unpaired) electrons. The lowest BCUT2D eigenvalue weighted by atomic mass is 10.1. The van der Waals surface area contributed by atoms with Gasteiger partial charge in [0.1, 0.15) is 17.6 Å². The third-order valence-corrected chi connectivity index (χ3v) is 4.21. The number of amides is 2. The van der Waals surface area contributed by atoms with Crippen molar-refractivity contribution < 1.29 is 14.3 Å². The molecule has 2 heterocycles. The quantitative estimate of drug-likeness (QED) is 0.755. The van der Waals surface area contributed by atoms with Crippen LogP contribution in [-0.2, 0) is 4.74 Å². The predicted molar refractivity (Wildman–Crippen MR) is 102 cm³/mol. The van der Waals surface area contributed by atoms with Crippen molar-refractivity contribution in [2.45, 2.75) is 6.92 Å². The van der Waals surface area contributed by atoms with Gasteiger partial charge in [-0.15, -0.1) is 0 Å². The van der Waals surface area contributed by atoms with E-state index in [1.165, 1.54) is 0 Å². The Morgan fingerprint density at radius 2 is 2.15 bits per heavy atom. The number of aromatic nitrogens is 1. The highest BCUT2D eigenvalue weighted by molar-refractivity contribution is 5.84. The number of hydrogen-bond acceptors (Lipinski definition) is 6. The summed E-state index contributed by atoms with van der Waals surface area (Å²) >= 11 is 0. The van der Waals surface area contributed by atoms with Crippen LogP contribution in [-0.4, -0.2) is 61.9 Å². The van der Waals surface area contributed by atoms with Crippen LogP contribution in [0.3, 0.4) is 0 Å². The van der Waals surface area contributed by atoms with Crippen molar-refractivity contribution in [2.24, 2.45) is 0 Å². The van der Waals surface area contributed by atoms with Crippen molar-refractivity contribution >= 4 is 22.8 Å². The number of fused-ring (bicyclic) bond motifs is 1. The van der Waals surface area contributed by atoms with E-state index in [9.17, 15) is 10.1 Å². The molecular weight excluding hydrogens is 346 g/mol. The number of morpholine rings is 1. The number of anilines is 1. The number of rotatable bonds is 6. The molecule has 1 aromatic heterocycles. The fourth-order valence-corrected chi connectivity index (χ4v) is 2.86. The van der Waals surface area contributed by atoms with Crippen LogP contribution in [0.4, 0.5) is 10.6 Å². The van der Waals surface area contributed by atoms with Crippen molar-refractivity contribution in [3.05, 3.63) is 29.8 Å². The Morgan fingerprint density at radius 1 is 1.33 bits per heavy atom. The lowest BCUT2D eigenvalue weighted by Crippen LogP contribution is -2.47. The molecule has 0 aliphatic carbocycles. The van der Waals surface area contributed by atoms with Gasteiger partial charge in [0.2, 0.25) is 0 Å². The molecule has 0 unspecified atom stereocenters. The summed E-state index contributed by atoms with van der Waals surface area (Å²) in [5.41, 5.74) is 1.23. The molecule has 0 atom stereocenters. The second kappa shape index (κ2) is 9.05. The van der Waals surface area contributed by atoms with E-state index in [0.717, 1.165) is 16.7 Å². The van der Waals surface area contributed by atoms with Crippen molar-refractivity contribution in [1.29, 1.82) is 5.26 Å². The maximum atomic E-state index is 12.0. The molecule has 1 fully saturated rings. The first kappa shape index (κ1) is 18.7. The number of urea groups is 1. The van der Waals surface area contributed by atoms with Gasteiger partial charge in [-0.1, -0.05) is 0 Å². The van der Waals surface area contributed by atoms with Gasteiger partial charge >= 0.3 is 6.03 Å². The van der Waals surface area contributed by atoms with E-state index in [1.54, 1.807) is 11.0 Å². The summed E-state index contributed by atoms with van der Waals surface area (Å²) in [5, 5.41) is 16.3. The molecule has 8 nitrogen and oxygen atoms in total. The first-order valence-electron chi connectivity index (χ1n) is 9.03. The minimum Gasteiger partial charge on any atom is -0.494 e. The largest absolute Gasteiger partial charge is 0.494 e. The zero-order valence-corrected chi connectivity index (χ0v) is 15.3. The standard InChI is InChI=1S/C19H23N5O3/c1-2-27-16-3-4-17-14(12-16)11-15(13-20)18(23-17)21-5-6-22-19(25)24-7-9-26-10-8-24/h3-4,11-12H,2,5-10H2,1H3,(H,21,23)(H,22,25). The van der Waals surface area contributed by atoms with Crippen molar-refractivity contribution in [3.8, 4) is 11.8 Å². The van der Waals surface area contributed by atoms with E-state index >= 15 is 0 Å². The van der Waals surface area contributed by atoms with Gasteiger partial charge in [-0.05, 0) is 31.2 Å². The molecule has 0 bridgehead atoms. The molecule has 2 N–H and O–H groups in total. The van der Waals surface area contributed by atoms with Gasteiger partial charge < -0.3 is 25.0 Å². The number of nitrogens with one attached hydrogen (secondary N) is 2. The average Bonchev–Trinajstić information content (AvgIpc) is 2.71. The molecule has 1 aliphatic heterocycles. The molecular formula is C19H23N5O3. The number of pyridine rings is 1. The molecule has 27 heavy (non-hydrogen) atoms. The van der Waals surface area contributed by atoms with Crippen LogP contribution in [0.15, 0.2) is 24.3 Å². The highest BCUT2D eigenvalue weighted by atomic mass is 16.5. The number of nitrogens with zero attached hydrogens (tertiary/aromatic N) is 3. The summed E-state index contributed by atoms with van der Waals surface area (Å²) in [6.07, 6.45) is 0.